The molecular weight excluding hydrogens is 156 g/mol. The van der Waals surface area contributed by atoms with Gasteiger partial charge in [-0.1, -0.05) is 0 Å². The largest absolute Gasteiger partial charge is 0.442 e. The van der Waals surface area contributed by atoms with Crippen molar-refractivity contribution < 1.29 is 18.3 Å². The monoisotopic (exact) mass is 163 g/mol. The molecule has 0 aliphatic heterocycles. The van der Waals surface area contributed by atoms with E-state index in [4.69, 9.17) is 5.11 Å². The number of aliphatic hydroxyl groups excluding tert-OH is 1. The van der Waals surface area contributed by atoms with Gasteiger partial charge in [-0.25, -0.2) is 4.98 Å². The molecule has 0 saturated carbocycles. The summed E-state index contributed by atoms with van der Waals surface area (Å²) in [5.74, 6) is -3.61. The van der Waals surface area contributed by atoms with Crippen LogP contribution in [0.25, 0.3) is 0 Å². The third kappa shape index (κ3) is 1.74. The topological polar surface area (TPSA) is 46.3 Å². The second-order valence-corrected chi connectivity index (χ2v) is 2.04. The van der Waals surface area contributed by atoms with Gasteiger partial charge < -0.3 is 9.52 Å². The molecule has 0 radical (unpaired) electrons. The van der Waals surface area contributed by atoms with Crippen molar-refractivity contribution in [3.8, 4) is 0 Å². The summed E-state index contributed by atoms with van der Waals surface area (Å²) in [5.41, 5.74) is 0. The average Bonchev–Trinajstić information content (AvgIpc) is 2.37. The Kier molecular flexibility index (Phi) is 2.19. The first-order valence-corrected chi connectivity index (χ1v) is 3.04. The highest BCUT2D eigenvalue weighted by molar-refractivity contribution is 4.98. The molecule has 11 heavy (non-hydrogen) atoms. The van der Waals surface area contributed by atoms with Crippen LogP contribution in [0.3, 0.4) is 0 Å². The molecule has 1 heterocycles. The minimum absolute atomic E-state index is 0.508. The van der Waals surface area contributed by atoms with Gasteiger partial charge in [0.2, 0.25) is 0 Å². The Labute approximate surface area is 61.7 Å². The molecule has 1 rings (SSSR count). The first-order chi connectivity index (χ1) is 5.17. The van der Waals surface area contributed by atoms with Crippen LogP contribution in [0.2, 0.25) is 0 Å². The molecule has 3 nitrogen and oxygen atoms in total. The lowest BCUT2D eigenvalue weighted by Gasteiger charge is -2.09. The van der Waals surface area contributed by atoms with Crippen LogP contribution in [0.1, 0.15) is 12.2 Å². The number of nitrogens with zero attached hydrogens (tertiary/aromatic N) is 1. The first-order valence-electron chi connectivity index (χ1n) is 3.04. The van der Waals surface area contributed by atoms with Crippen LogP contribution in [0.15, 0.2) is 17.0 Å². The van der Waals surface area contributed by atoms with Gasteiger partial charge in [-0.2, -0.15) is 8.78 Å². The Balaban J connectivity index is 2.73. The van der Waals surface area contributed by atoms with Crippen LogP contribution in [0.4, 0.5) is 8.78 Å². The minimum Gasteiger partial charge on any atom is -0.442 e. The summed E-state index contributed by atoms with van der Waals surface area (Å²) in [7, 11) is 0. The van der Waals surface area contributed by atoms with Crippen LogP contribution in [-0.4, -0.2) is 16.7 Å². The number of aromatic nitrogens is 1. The summed E-state index contributed by atoms with van der Waals surface area (Å²) in [6.45, 7) is -0.576. The second kappa shape index (κ2) is 2.96. The fraction of sp³-hybridized carbons (Fsp3) is 0.500. The maximum atomic E-state index is 12.7. The van der Waals surface area contributed by atoms with E-state index in [1.54, 1.807) is 0 Å². The number of hydrogen-bond acceptors (Lipinski definition) is 3. The van der Waals surface area contributed by atoms with Crippen molar-refractivity contribution in [2.75, 3.05) is 6.61 Å². The molecule has 0 unspecified atom stereocenters. The Bertz CT molecular complexity index is 210. The third-order valence-corrected chi connectivity index (χ3v) is 1.22. The lowest BCUT2D eigenvalue weighted by atomic mass is 10.2. The number of rotatable bonds is 3. The summed E-state index contributed by atoms with van der Waals surface area (Å²) in [4.78, 5) is 3.34. The molecular formula is C6H7F2NO2. The van der Waals surface area contributed by atoms with Crippen molar-refractivity contribution in [2.45, 2.75) is 12.3 Å². The number of halogens is 2. The van der Waals surface area contributed by atoms with E-state index in [9.17, 15) is 8.78 Å². The maximum Gasteiger partial charge on any atom is 0.308 e. The third-order valence-electron chi connectivity index (χ3n) is 1.22. The van der Waals surface area contributed by atoms with Gasteiger partial charge >= 0.3 is 5.92 Å². The van der Waals surface area contributed by atoms with Crippen molar-refractivity contribution in [1.82, 2.24) is 4.98 Å². The molecule has 62 valence electrons. The van der Waals surface area contributed by atoms with Crippen molar-refractivity contribution in [3.05, 3.63) is 18.4 Å². The Morgan fingerprint density at radius 2 is 2.36 bits per heavy atom. The quantitative estimate of drug-likeness (QED) is 0.726. The summed E-state index contributed by atoms with van der Waals surface area (Å²) < 4.78 is 29.8. The second-order valence-electron chi connectivity index (χ2n) is 2.04. The smallest absolute Gasteiger partial charge is 0.308 e. The van der Waals surface area contributed by atoms with Crippen molar-refractivity contribution in [1.29, 1.82) is 0 Å². The molecule has 0 amide bonds. The molecule has 0 spiro atoms. The summed E-state index contributed by atoms with van der Waals surface area (Å²) in [6, 6.07) is 0. The van der Waals surface area contributed by atoms with E-state index in [-0.39, 0.29) is 0 Å². The predicted octanol–water partition coefficient (Wildman–Crippen LogP) is 1.15. The van der Waals surface area contributed by atoms with Gasteiger partial charge in [-0.3, -0.25) is 0 Å². The zero-order chi connectivity index (χ0) is 8.32. The number of hydrogen-bond donors (Lipinski definition) is 1. The molecule has 0 aliphatic rings. The van der Waals surface area contributed by atoms with Crippen molar-refractivity contribution in [2.24, 2.45) is 0 Å². The van der Waals surface area contributed by atoms with Gasteiger partial charge in [0.1, 0.15) is 0 Å². The molecule has 1 N–H and O–H groups in total. The normalized spacial score (nSPS) is 11.9. The lowest BCUT2D eigenvalue weighted by Crippen LogP contribution is -2.13. The molecule has 1 aromatic rings. The minimum atomic E-state index is -3.11. The van der Waals surface area contributed by atoms with Gasteiger partial charge in [0.05, 0.1) is 6.20 Å². The fourth-order valence-corrected chi connectivity index (χ4v) is 0.660. The Morgan fingerprint density at radius 3 is 2.82 bits per heavy atom. The molecule has 0 fully saturated rings. The van der Waals surface area contributed by atoms with Gasteiger partial charge in [0.25, 0.3) is 0 Å². The maximum absolute atomic E-state index is 12.7. The number of aliphatic hydroxyl groups is 1. The van der Waals surface area contributed by atoms with E-state index < -0.39 is 24.7 Å². The highest BCUT2D eigenvalue weighted by Crippen LogP contribution is 2.30. The van der Waals surface area contributed by atoms with Crippen molar-refractivity contribution in [3.63, 3.8) is 0 Å². The van der Waals surface area contributed by atoms with Gasteiger partial charge in [-0.15, -0.1) is 0 Å². The van der Waals surface area contributed by atoms with E-state index in [1.807, 2.05) is 0 Å². The molecule has 0 atom stereocenters. The molecule has 5 heteroatoms. The van der Waals surface area contributed by atoms with Crippen LogP contribution in [0, 0.1) is 0 Å². The molecule has 0 bridgehead atoms. The van der Waals surface area contributed by atoms with E-state index in [1.165, 1.54) is 0 Å². The van der Waals surface area contributed by atoms with Crippen LogP contribution in [0.5, 0.6) is 0 Å². The summed E-state index contributed by atoms with van der Waals surface area (Å²) >= 11 is 0. The molecule has 1 aromatic heterocycles. The number of alkyl halides is 2. The number of oxazole rings is 1. The Morgan fingerprint density at radius 1 is 1.64 bits per heavy atom. The first kappa shape index (κ1) is 8.13. The highest BCUT2D eigenvalue weighted by atomic mass is 19.3. The van der Waals surface area contributed by atoms with Crippen LogP contribution < -0.4 is 0 Å². The lowest BCUT2D eigenvalue weighted by molar-refractivity contribution is -0.0459. The summed E-state index contributed by atoms with van der Waals surface area (Å²) in [5, 5.41) is 8.26. The predicted molar refractivity (Wildman–Crippen MR) is 32.1 cm³/mol. The summed E-state index contributed by atoms with van der Waals surface area (Å²) in [6.07, 6.45) is 1.23. The van der Waals surface area contributed by atoms with Gasteiger partial charge in [-0.05, 0) is 0 Å². The van der Waals surface area contributed by atoms with E-state index >= 15 is 0 Å². The SMILES string of the molecule is OCCC(F)(F)c1cnco1. The van der Waals surface area contributed by atoms with E-state index in [0.717, 1.165) is 12.6 Å². The van der Waals surface area contributed by atoms with Gasteiger partial charge in [0.15, 0.2) is 12.2 Å². The molecule has 0 aromatic carbocycles. The molecule has 0 aliphatic carbocycles. The average molecular weight is 163 g/mol. The van der Waals surface area contributed by atoms with Crippen LogP contribution in [-0.2, 0) is 5.92 Å². The zero-order valence-electron chi connectivity index (χ0n) is 5.63. The zero-order valence-corrected chi connectivity index (χ0v) is 5.63. The standard InChI is InChI=1S/C6H7F2NO2/c7-6(8,1-2-10)5-3-9-4-11-5/h3-4,10H,1-2H2. The van der Waals surface area contributed by atoms with Crippen LogP contribution >= 0.6 is 0 Å². The Hall–Kier alpha value is -0.970. The van der Waals surface area contributed by atoms with Crippen molar-refractivity contribution >= 4 is 0 Å². The molecule has 0 saturated heterocycles. The fourth-order valence-electron chi connectivity index (χ4n) is 0.660. The van der Waals surface area contributed by atoms with Gasteiger partial charge in [0, 0.05) is 13.0 Å². The van der Waals surface area contributed by atoms with E-state index in [2.05, 4.69) is 9.40 Å². The van der Waals surface area contributed by atoms with E-state index in [0.29, 0.717) is 0 Å². The highest BCUT2D eigenvalue weighted by Gasteiger charge is 2.34.